The van der Waals surface area contributed by atoms with Crippen LogP contribution in [0.2, 0.25) is 18.1 Å². The van der Waals surface area contributed by atoms with Gasteiger partial charge in [0.2, 0.25) is 0 Å². The summed E-state index contributed by atoms with van der Waals surface area (Å²) in [5, 5.41) is -0.182. The average molecular weight is 627 g/mol. The summed E-state index contributed by atoms with van der Waals surface area (Å²) in [6.07, 6.45) is 10.0. The fraction of sp³-hybridized carbons (Fsp3) is 0.806. The predicted octanol–water partition coefficient (Wildman–Crippen LogP) is 6.69. The van der Waals surface area contributed by atoms with Crippen molar-refractivity contribution < 1.29 is 33.4 Å². The van der Waals surface area contributed by atoms with Crippen molar-refractivity contribution in [3.05, 3.63) is 23.3 Å². The Hall–Kier alpha value is -1.77. The molecule has 244 valence electrons. The molecule has 1 N–H and O–H groups in total. The summed E-state index contributed by atoms with van der Waals surface area (Å²) in [6.45, 7) is 18.5. The minimum Gasteiger partial charge on any atom is -0.458 e. The number of cyclic esters (lactones) is 1. The van der Waals surface area contributed by atoms with E-state index < -0.39 is 25.4 Å². The summed E-state index contributed by atoms with van der Waals surface area (Å²) in [5.41, 5.74) is 0.633. The molecule has 7 nitrogen and oxygen atoms in total. The maximum Gasteiger partial charge on any atom is 0.334 e. The summed E-state index contributed by atoms with van der Waals surface area (Å²) < 4.78 is 18.4. The van der Waals surface area contributed by atoms with Crippen molar-refractivity contribution in [2.75, 3.05) is 0 Å². The van der Waals surface area contributed by atoms with Gasteiger partial charge in [0.25, 0.3) is 0 Å². The number of carbonyl (C=O) groups excluding carboxylic acids is 3. The number of hydrogen-bond donors (Lipinski definition) is 1. The van der Waals surface area contributed by atoms with Crippen molar-refractivity contribution in [2.45, 2.75) is 142 Å². The minimum absolute atomic E-state index is 0.0691. The Balaban J connectivity index is 1.18. The van der Waals surface area contributed by atoms with E-state index in [-0.39, 0.29) is 52.2 Å². The van der Waals surface area contributed by atoms with Crippen LogP contribution in [0.3, 0.4) is 0 Å². The maximum atomic E-state index is 13.7. The molecule has 0 amide bonds. The molecule has 8 heteroatoms. The highest BCUT2D eigenvalue weighted by molar-refractivity contribution is 6.72. The molecular weight excluding hydrogens is 572 g/mol. The van der Waals surface area contributed by atoms with Gasteiger partial charge in [-0.25, -0.2) is 4.79 Å². The van der Waals surface area contributed by atoms with Crippen LogP contribution in [0.4, 0.5) is 0 Å². The molecule has 4 aliphatic carbocycles. The molecule has 0 aromatic heterocycles. The van der Waals surface area contributed by atoms with Gasteiger partial charge >= 0.3 is 11.9 Å². The first-order valence-electron chi connectivity index (χ1n) is 17.1. The zero-order chi connectivity index (χ0) is 32.2. The smallest absolute Gasteiger partial charge is 0.334 e. The lowest BCUT2D eigenvalue weighted by Crippen LogP contribution is -2.64. The van der Waals surface area contributed by atoms with Crippen molar-refractivity contribution in [1.82, 2.24) is 0 Å². The lowest BCUT2D eigenvalue weighted by Gasteiger charge is -2.58. The van der Waals surface area contributed by atoms with E-state index in [9.17, 15) is 19.2 Å². The molecule has 6 rings (SSSR count). The van der Waals surface area contributed by atoms with E-state index in [2.05, 4.69) is 41.5 Å². The average Bonchev–Trinajstić information content (AvgIpc) is 3.54. The summed E-state index contributed by atoms with van der Waals surface area (Å²) in [7, 11) is -2.35. The molecule has 0 aromatic rings. The summed E-state index contributed by atoms with van der Waals surface area (Å²) in [6, 6.07) is 0. The SMILES string of the molecule is CC(=O)O[C@@H]1C=CC(=O)[C@]2(C)C3CC[C@@]4(C)C(CCC4[C@H](C)C4CC(C)=C(CCC(C)(C)[Si](C)(C)O)C(=O)O4)C3C[C@H]3O[C@]132. The van der Waals surface area contributed by atoms with E-state index in [1.165, 1.54) is 6.92 Å². The van der Waals surface area contributed by atoms with Crippen LogP contribution in [-0.2, 0) is 28.6 Å². The van der Waals surface area contributed by atoms with Crippen molar-refractivity contribution in [3.8, 4) is 0 Å². The highest BCUT2D eigenvalue weighted by Crippen LogP contribution is 2.73. The number of allylic oxidation sites excluding steroid dienone is 1. The molecule has 11 atom stereocenters. The molecule has 6 aliphatic rings. The second-order valence-electron chi connectivity index (χ2n) is 16.9. The van der Waals surface area contributed by atoms with E-state index in [0.717, 1.165) is 56.1 Å². The predicted molar refractivity (Wildman–Crippen MR) is 170 cm³/mol. The van der Waals surface area contributed by atoms with Crippen molar-refractivity contribution in [2.24, 2.45) is 40.4 Å². The lowest BCUT2D eigenvalue weighted by atomic mass is 9.44. The summed E-state index contributed by atoms with van der Waals surface area (Å²) >= 11 is 0. The molecule has 5 unspecified atom stereocenters. The van der Waals surface area contributed by atoms with Gasteiger partial charge in [-0.1, -0.05) is 33.3 Å². The van der Waals surface area contributed by atoms with E-state index >= 15 is 0 Å². The number of hydrogen-bond acceptors (Lipinski definition) is 7. The van der Waals surface area contributed by atoms with Crippen LogP contribution in [0, 0.1) is 40.4 Å². The molecule has 1 spiro atoms. The number of esters is 2. The van der Waals surface area contributed by atoms with Crippen molar-refractivity contribution in [3.63, 3.8) is 0 Å². The van der Waals surface area contributed by atoms with Gasteiger partial charge in [0.15, 0.2) is 20.2 Å². The first kappa shape index (κ1) is 32.2. The minimum atomic E-state index is -2.35. The molecule has 44 heavy (non-hydrogen) atoms. The number of carbonyl (C=O) groups is 3. The number of ether oxygens (including phenoxy) is 3. The molecule has 2 aliphatic heterocycles. The normalized spacial score (nSPS) is 43.8. The highest BCUT2D eigenvalue weighted by atomic mass is 28.4. The molecule has 3 saturated carbocycles. The van der Waals surface area contributed by atoms with E-state index in [0.29, 0.717) is 24.2 Å². The highest BCUT2D eigenvalue weighted by Gasteiger charge is 2.81. The van der Waals surface area contributed by atoms with E-state index in [1.807, 2.05) is 13.1 Å². The molecule has 0 radical (unpaired) electrons. The van der Waals surface area contributed by atoms with Gasteiger partial charge in [-0.15, -0.1) is 0 Å². The van der Waals surface area contributed by atoms with E-state index in [4.69, 9.17) is 14.2 Å². The Bertz CT molecular complexity index is 1310. The summed E-state index contributed by atoms with van der Waals surface area (Å²) in [4.78, 5) is 49.8. The Morgan fingerprint density at radius 1 is 1.18 bits per heavy atom. The topological polar surface area (TPSA) is 102 Å². The van der Waals surface area contributed by atoms with Gasteiger partial charge in [-0.3, -0.25) is 9.59 Å². The molecule has 0 bridgehead atoms. The van der Waals surface area contributed by atoms with Crippen LogP contribution < -0.4 is 0 Å². The standard InChI is InChI=1S/C36H54O7Si/c1-20-18-28(42-32(39)23(20)14-16-33(4,5)44(8,9)40)21(2)25-10-11-26-24-19-31-36(43-31)30(41-22(3)37)13-12-29(38)35(36,7)27(24)15-17-34(25,26)6/h12-13,21,24-28,30-31,40H,10-11,14-19H2,1-9H3/t21-,24?,25?,26?,27?,28?,30+,31+,34+,35-,36+/m0/s1. The molecule has 2 heterocycles. The zero-order valence-electron chi connectivity index (χ0n) is 28.3. The molecular formula is C36H54O7Si. The van der Waals surface area contributed by atoms with Crippen LogP contribution >= 0.6 is 0 Å². The zero-order valence-corrected chi connectivity index (χ0v) is 29.3. The molecule has 4 fully saturated rings. The maximum absolute atomic E-state index is 13.7. The van der Waals surface area contributed by atoms with Crippen LogP contribution in [0.25, 0.3) is 0 Å². The fourth-order valence-corrected chi connectivity index (χ4v) is 11.6. The summed E-state index contributed by atoms with van der Waals surface area (Å²) in [5.74, 6) is 1.35. The van der Waals surface area contributed by atoms with Crippen LogP contribution in [0.5, 0.6) is 0 Å². The van der Waals surface area contributed by atoms with Gasteiger partial charge in [0.05, 0.1) is 11.5 Å². The largest absolute Gasteiger partial charge is 0.458 e. The van der Waals surface area contributed by atoms with Crippen LogP contribution in [-0.4, -0.2) is 54.7 Å². The van der Waals surface area contributed by atoms with Crippen LogP contribution in [0.15, 0.2) is 23.3 Å². The number of rotatable bonds is 7. The Morgan fingerprint density at radius 2 is 1.89 bits per heavy atom. The Kier molecular flexibility index (Phi) is 7.58. The second-order valence-corrected chi connectivity index (χ2v) is 21.4. The number of fused-ring (bicyclic) bond motifs is 4. The van der Waals surface area contributed by atoms with Gasteiger partial charge in [-0.05, 0) is 124 Å². The number of epoxide rings is 1. The van der Waals surface area contributed by atoms with Gasteiger partial charge in [0.1, 0.15) is 11.7 Å². The third-order valence-corrected chi connectivity index (χ3v) is 17.9. The second kappa shape index (κ2) is 10.4. The first-order chi connectivity index (χ1) is 20.4. The lowest BCUT2D eigenvalue weighted by molar-refractivity contribution is -0.166. The quantitative estimate of drug-likeness (QED) is 0.191. The Morgan fingerprint density at radius 3 is 2.52 bits per heavy atom. The fourth-order valence-electron chi connectivity index (χ4n) is 10.8. The Labute approximate surface area is 264 Å². The van der Waals surface area contributed by atoms with Gasteiger partial charge < -0.3 is 19.0 Å². The molecule has 1 saturated heterocycles. The van der Waals surface area contributed by atoms with Gasteiger partial charge in [-0.2, -0.15) is 0 Å². The van der Waals surface area contributed by atoms with Crippen LogP contribution in [0.1, 0.15) is 99.8 Å². The number of ketones is 1. The van der Waals surface area contributed by atoms with Crippen molar-refractivity contribution >= 4 is 26.0 Å². The monoisotopic (exact) mass is 626 g/mol. The third-order valence-electron chi connectivity index (χ3n) is 14.4. The molecule has 0 aromatic carbocycles. The third kappa shape index (κ3) is 4.50. The van der Waals surface area contributed by atoms with E-state index in [1.54, 1.807) is 12.2 Å². The first-order valence-corrected chi connectivity index (χ1v) is 20.0. The van der Waals surface area contributed by atoms with Crippen molar-refractivity contribution in [1.29, 1.82) is 0 Å². The van der Waals surface area contributed by atoms with Gasteiger partial charge in [0, 0.05) is 18.9 Å².